The van der Waals surface area contributed by atoms with Crippen LogP contribution >= 0.6 is 0 Å². The van der Waals surface area contributed by atoms with Crippen LogP contribution in [0.25, 0.3) is 0 Å². The first-order valence-electron chi connectivity index (χ1n) is 9.87. The Morgan fingerprint density at radius 3 is 2.32 bits per heavy atom. The van der Waals surface area contributed by atoms with Crippen molar-refractivity contribution in [1.82, 2.24) is 15.4 Å². The van der Waals surface area contributed by atoms with E-state index in [-0.39, 0.29) is 11.4 Å². The van der Waals surface area contributed by atoms with Crippen LogP contribution in [-0.4, -0.2) is 27.3 Å². The number of benzene rings is 2. The number of aromatic nitrogens is 1. The van der Waals surface area contributed by atoms with Gasteiger partial charge in [0, 0.05) is 11.9 Å². The van der Waals surface area contributed by atoms with Gasteiger partial charge in [-0.1, -0.05) is 30.3 Å². The number of nitrogen functional groups attached to an aromatic ring is 1. The molecule has 0 atom stereocenters. The average molecular weight is 418 g/mol. The van der Waals surface area contributed by atoms with E-state index >= 15 is 0 Å². The number of rotatable bonds is 4. The van der Waals surface area contributed by atoms with E-state index in [0.717, 1.165) is 5.56 Å². The molecule has 0 radical (unpaired) electrons. The molecule has 1 aromatic heterocycles. The minimum Gasteiger partial charge on any atom is -0.438 e. The molecular weight excluding hydrogens is 392 g/mol. The molecule has 31 heavy (non-hydrogen) atoms. The van der Waals surface area contributed by atoms with Gasteiger partial charge in [-0.2, -0.15) is 0 Å². The largest absolute Gasteiger partial charge is 0.438 e. The molecule has 160 valence electrons. The zero-order valence-corrected chi connectivity index (χ0v) is 18.0. The van der Waals surface area contributed by atoms with Crippen LogP contribution in [0.4, 0.5) is 5.69 Å². The van der Waals surface area contributed by atoms with Crippen LogP contribution < -0.4 is 15.9 Å². The second kappa shape index (κ2) is 8.87. The summed E-state index contributed by atoms with van der Waals surface area (Å²) in [6.45, 7) is 7.28. The minimum absolute atomic E-state index is 0.150. The Labute approximate surface area is 181 Å². The number of anilines is 1. The van der Waals surface area contributed by atoms with Gasteiger partial charge in [-0.05, 0) is 63.6 Å². The van der Waals surface area contributed by atoms with Gasteiger partial charge in [-0.15, -0.1) is 0 Å². The van der Waals surface area contributed by atoms with Crippen LogP contribution in [0.15, 0.2) is 66.9 Å². The molecule has 0 unspecified atom stereocenters. The van der Waals surface area contributed by atoms with Crippen molar-refractivity contribution in [3.63, 3.8) is 0 Å². The van der Waals surface area contributed by atoms with Crippen molar-refractivity contribution in [2.24, 2.45) is 0 Å². The Balaban J connectivity index is 1.93. The average Bonchev–Trinajstić information content (AvgIpc) is 2.73. The molecule has 1 heterocycles. The Kier molecular flexibility index (Phi) is 6.25. The lowest BCUT2D eigenvalue weighted by atomic mass is 10.1. The maximum Gasteiger partial charge on any atom is 0.278 e. The summed E-state index contributed by atoms with van der Waals surface area (Å²) in [6, 6.07) is 17.5. The number of amides is 2. The predicted molar refractivity (Wildman–Crippen MR) is 120 cm³/mol. The van der Waals surface area contributed by atoms with E-state index in [4.69, 9.17) is 10.5 Å². The number of para-hydroxylation sites is 2. The van der Waals surface area contributed by atoms with Crippen LogP contribution in [0, 0.1) is 6.92 Å². The Hall–Kier alpha value is -3.87. The van der Waals surface area contributed by atoms with Gasteiger partial charge in [0.1, 0.15) is 11.3 Å². The van der Waals surface area contributed by atoms with Crippen LogP contribution in [0.1, 0.15) is 47.1 Å². The summed E-state index contributed by atoms with van der Waals surface area (Å²) in [6.07, 6.45) is 1.54. The lowest BCUT2D eigenvalue weighted by molar-refractivity contribution is 0.0356. The Morgan fingerprint density at radius 2 is 1.65 bits per heavy atom. The van der Waals surface area contributed by atoms with E-state index in [1.807, 2.05) is 52.0 Å². The van der Waals surface area contributed by atoms with Gasteiger partial charge in [0.05, 0.1) is 11.1 Å². The van der Waals surface area contributed by atoms with Crippen molar-refractivity contribution in [2.45, 2.75) is 33.2 Å². The Morgan fingerprint density at radius 1 is 0.968 bits per heavy atom. The quantitative estimate of drug-likeness (QED) is 0.485. The molecule has 3 rings (SSSR count). The van der Waals surface area contributed by atoms with Gasteiger partial charge in [0.15, 0.2) is 0 Å². The SMILES string of the molecule is Cc1cccc(C(=O)NN(C(=O)c2cccnc2Oc2ccccc2)C(C)(C)C)c1N. The fourth-order valence-corrected chi connectivity index (χ4v) is 2.92. The highest BCUT2D eigenvalue weighted by molar-refractivity contribution is 6.03. The maximum absolute atomic E-state index is 13.5. The second-order valence-corrected chi connectivity index (χ2v) is 8.06. The molecule has 0 aliphatic heterocycles. The zero-order chi connectivity index (χ0) is 22.6. The fraction of sp³-hybridized carbons (Fsp3) is 0.208. The van der Waals surface area contributed by atoms with E-state index in [1.54, 1.807) is 42.6 Å². The van der Waals surface area contributed by atoms with Crippen molar-refractivity contribution in [3.05, 3.63) is 83.6 Å². The molecule has 3 aromatic rings. The highest BCUT2D eigenvalue weighted by atomic mass is 16.5. The zero-order valence-electron chi connectivity index (χ0n) is 18.0. The first-order valence-corrected chi connectivity index (χ1v) is 9.87. The number of nitrogens with zero attached hydrogens (tertiary/aromatic N) is 2. The van der Waals surface area contributed by atoms with Gasteiger partial charge in [0.2, 0.25) is 5.88 Å². The summed E-state index contributed by atoms with van der Waals surface area (Å²) in [5.74, 6) is -0.226. The van der Waals surface area contributed by atoms with Gasteiger partial charge in [0.25, 0.3) is 11.8 Å². The van der Waals surface area contributed by atoms with Crippen LogP contribution in [0.2, 0.25) is 0 Å². The molecule has 0 spiro atoms. The summed E-state index contributed by atoms with van der Waals surface area (Å²) >= 11 is 0. The van der Waals surface area contributed by atoms with Crippen molar-refractivity contribution in [3.8, 4) is 11.6 Å². The van der Waals surface area contributed by atoms with E-state index in [2.05, 4.69) is 10.4 Å². The molecule has 0 bridgehead atoms. The normalized spacial score (nSPS) is 11.0. The molecule has 7 nitrogen and oxygen atoms in total. The number of carbonyl (C=O) groups is 2. The van der Waals surface area contributed by atoms with E-state index < -0.39 is 17.4 Å². The summed E-state index contributed by atoms with van der Waals surface area (Å²) in [4.78, 5) is 30.7. The number of hydrogen-bond donors (Lipinski definition) is 2. The van der Waals surface area contributed by atoms with Crippen LogP contribution in [0.5, 0.6) is 11.6 Å². The highest BCUT2D eigenvalue weighted by Crippen LogP contribution is 2.26. The van der Waals surface area contributed by atoms with E-state index in [1.165, 1.54) is 5.01 Å². The highest BCUT2D eigenvalue weighted by Gasteiger charge is 2.32. The monoisotopic (exact) mass is 418 g/mol. The summed E-state index contributed by atoms with van der Waals surface area (Å²) < 4.78 is 5.83. The molecule has 7 heteroatoms. The number of nitrogens with one attached hydrogen (secondary N) is 1. The number of hydrogen-bond acceptors (Lipinski definition) is 5. The smallest absolute Gasteiger partial charge is 0.278 e. The summed E-state index contributed by atoms with van der Waals surface area (Å²) in [7, 11) is 0. The van der Waals surface area contributed by atoms with Gasteiger partial charge in [-0.3, -0.25) is 15.0 Å². The third-order valence-electron chi connectivity index (χ3n) is 4.62. The van der Waals surface area contributed by atoms with Crippen LogP contribution in [0.3, 0.4) is 0 Å². The van der Waals surface area contributed by atoms with Crippen molar-refractivity contribution in [1.29, 1.82) is 0 Å². The van der Waals surface area contributed by atoms with E-state index in [0.29, 0.717) is 17.0 Å². The number of ether oxygens (including phenoxy) is 1. The van der Waals surface area contributed by atoms with Gasteiger partial charge in [-0.25, -0.2) is 9.99 Å². The number of carbonyl (C=O) groups excluding carboxylic acids is 2. The third-order valence-corrected chi connectivity index (χ3v) is 4.62. The molecule has 0 saturated carbocycles. The predicted octanol–water partition coefficient (Wildman–Crippen LogP) is 4.35. The lowest BCUT2D eigenvalue weighted by Gasteiger charge is -2.35. The summed E-state index contributed by atoms with van der Waals surface area (Å²) in [5.41, 5.74) is 9.73. The van der Waals surface area contributed by atoms with Crippen molar-refractivity contribution < 1.29 is 14.3 Å². The molecule has 2 amide bonds. The number of pyridine rings is 1. The first-order chi connectivity index (χ1) is 14.7. The molecule has 0 aliphatic rings. The fourth-order valence-electron chi connectivity index (χ4n) is 2.92. The lowest BCUT2D eigenvalue weighted by Crippen LogP contribution is -2.56. The van der Waals surface area contributed by atoms with Gasteiger partial charge >= 0.3 is 0 Å². The van der Waals surface area contributed by atoms with Gasteiger partial charge < -0.3 is 10.5 Å². The first kappa shape index (κ1) is 21.8. The summed E-state index contributed by atoms with van der Waals surface area (Å²) in [5, 5.41) is 1.27. The molecule has 0 fully saturated rings. The number of nitrogens with two attached hydrogens (primary N) is 1. The maximum atomic E-state index is 13.5. The molecular formula is C24H26N4O3. The van der Waals surface area contributed by atoms with Crippen LogP contribution in [-0.2, 0) is 0 Å². The number of hydrazine groups is 1. The number of aryl methyl sites for hydroxylation is 1. The van der Waals surface area contributed by atoms with E-state index in [9.17, 15) is 9.59 Å². The molecule has 0 saturated heterocycles. The second-order valence-electron chi connectivity index (χ2n) is 8.06. The minimum atomic E-state index is -0.731. The van der Waals surface area contributed by atoms with Crippen molar-refractivity contribution in [2.75, 3.05) is 5.73 Å². The topological polar surface area (TPSA) is 97.5 Å². The molecule has 2 aromatic carbocycles. The Bertz CT molecular complexity index is 1090. The van der Waals surface area contributed by atoms with Crippen molar-refractivity contribution >= 4 is 17.5 Å². The third kappa shape index (κ3) is 5.01. The standard InChI is InChI=1S/C24H26N4O3/c1-16-10-8-13-18(20(16)25)21(29)27-28(24(2,3)4)23(30)19-14-9-15-26-22(19)31-17-11-6-5-7-12-17/h5-15H,25H2,1-4H3,(H,27,29). The molecule has 0 aliphatic carbocycles. The molecule has 3 N–H and O–H groups in total.